The maximum Gasteiger partial charge on any atom is 0.435 e. The molecule has 0 aliphatic rings. The summed E-state index contributed by atoms with van der Waals surface area (Å²) < 4.78 is 87.0. The molecule has 2 aromatic heterocycles. The zero-order chi connectivity index (χ0) is 28.1. The molecule has 0 fully saturated rings. The number of alkyl halides is 3. The van der Waals surface area contributed by atoms with Crippen LogP contribution in [0.4, 0.5) is 26.3 Å². The van der Waals surface area contributed by atoms with Gasteiger partial charge >= 0.3 is 6.18 Å². The average Bonchev–Trinajstić information content (AvgIpc) is 3.16. The van der Waals surface area contributed by atoms with Gasteiger partial charge in [-0.15, -0.1) is 0 Å². The number of pyridine rings is 1. The molecule has 4 N–H and O–H groups in total. The summed E-state index contributed by atoms with van der Waals surface area (Å²) >= 11 is 0. The van der Waals surface area contributed by atoms with E-state index in [0.717, 1.165) is 13.0 Å². The number of halogens is 6. The van der Waals surface area contributed by atoms with Crippen molar-refractivity contribution in [2.45, 2.75) is 19.6 Å². The number of primary amides is 2. The van der Waals surface area contributed by atoms with Gasteiger partial charge in [0.05, 0.1) is 29.3 Å². The average molecular weight is 532 g/mol. The third kappa shape index (κ3) is 4.27. The molecular formula is C24H14F6N6O2. The smallest absolute Gasteiger partial charge is 0.366 e. The quantitative estimate of drug-likeness (QED) is 0.375. The van der Waals surface area contributed by atoms with Gasteiger partial charge in [0, 0.05) is 27.8 Å². The first-order valence-corrected chi connectivity index (χ1v) is 10.5. The van der Waals surface area contributed by atoms with Gasteiger partial charge in [-0.3, -0.25) is 14.3 Å². The van der Waals surface area contributed by atoms with Gasteiger partial charge in [0.1, 0.15) is 23.1 Å². The van der Waals surface area contributed by atoms with Crippen molar-refractivity contribution in [3.05, 3.63) is 81.6 Å². The molecule has 38 heavy (non-hydrogen) atoms. The minimum absolute atomic E-state index is 0.281. The van der Waals surface area contributed by atoms with Crippen LogP contribution >= 0.6 is 0 Å². The van der Waals surface area contributed by atoms with E-state index in [9.17, 15) is 35.9 Å². The van der Waals surface area contributed by atoms with Crippen LogP contribution in [0.1, 0.15) is 43.4 Å². The first-order chi connectivity index (χ1) is 17.8. The maximum atomic E-state index is 14.8. The second kappa shape index (κ2) is 9.18. The Hall–Kier alpha value is -4.93. The molecule has 0 spiro atoms. The molecule has 4 rings (SSSR count). The van der Waals surface area contributed by atoms with Gasteiger partial charge in [-0.2, -0.15) is 23.5 Å². The van der Waals surface area contributed by atoms with E-state index in [0.29, 0.717) is 16.8 Å². The molecule has 0 atom stereocenters. The van der Waals surface area contributed by atoms with Crippen LogP contribution < -0.4 is 11.5 Å². The second-order valence-electron chi connectivity index (χ2n) is 8.07. The Morgan fingerprint density at radius 2 is 1.66 bits per heavy atom. The number of nitrogens with two attached hydrogens (primary N) is 2. The molecule has 194 valence electrons. The topological polar surface area (TPSA) is 141 Å². The fraction of sp³-hybridized carbons (Fsp3) is 0.125. The van der Waals surface area contributed by atoms with Gasteiger partial charge < -0.3 is 11.5 Å². The van der Waals surface area contributed by atoms with Crippen LogP contribution in [0, 0.1) is 35.7 Å². The zero-order valence-electron chi connectivity index (χ0n) is 19.1. The lowest BCUT2D eigenvalue weighted by molar-refractivity contribution is -0.141. The van der Waals surface area contributed by atoms with E-state index < -0.39 is 86.7 Å². The summed E-state index contributed by atoms with van der Waals surface area (Å²) in [6.45, 7) is 0.184. The summed E-state index contributed by atoms with van der Waals surface area (Å²) in [6, 6.07) is 6.20. The molecule has 0 aliphatic heterocycles. The molecule has 0 unspecified atom stereocenters. The lowest BCUT2D eigenvalue weighted by atomic mass is 9.91. The Labute approximate surface area is 209 Å². The number of aromatic nitrogens is 3. The Bertz CT molecular complexity index is 1680. The van der Waals surface area contributed by atoms with Crippen LogP contribution in [0.5, 0.6) is 0 Å². The van der Waals surface area contributed by atoms with Gasteiger partial charge in [-0.05, 0) is 31.2 Å². The van der Waals surface area contributed by atoms with Crippen molar-refractivity contribution >= 4 is 22.7 Å². The van der Waals surface area contributed by atoms with Crippen molar-refractivity contribution in [1.29, 1.82) is 5.26 Å². The summed E-state index contributed by atoms with van der Waals surface area (Å²) in [5.41, 5.74) is 3.96. The van der Waals surface area contributed by atoms with Gasteiger partial charge in [-0.25, -0.2) is 18.2 Å². The number of nitriles is 1. The first-order valence-electron chi connectivity index (χ1n) is 10.5. The number of fused-ring (bicyclic) bond motifs is 1. The van der Waals surface area contributed by atoms with Crippen LogP contribution in [0.15, 0.2) is 30.3 Å². The number of hydrogen-bond acceptors (Lipinski definition) is 5. The van der Waals surface area contributed by atoms with E-state index in [1.54, 1.807) is 6.07 Å². The van der Waals surface area contributed by atoms with Gasteiger partial charge in [-0.1, -0.05) is 6.07 Å². The summed E-state index contributed by atoms with van der Waals surface area (Å²) in [4.78, 5) is 28.7. The highest BCUT2D eigenvalue weighted by atomic mass is 19.4. The molecule has 2 heterocycles. The van der Waals surface area contributed by atoms with Gasteiger partial charge in [0.2, 0.25) is 5.91 Å². The fourth-order valence-corrected chi connectivity index (χ4v) is 4.11. The highest BCUT2D eigenvalue weighted by Gasteiger charge is 2.41. The fourth-order valence-electron chi connectivity index (χ4n) is 4.11. The number of amides is 2. The van der Waals surface area contributed by atoms with E-state index in [2.05, 4.69) is 10.1 Å². The molecule has 0 bridgehead atoms. The van der Waals surface area contributed by atoms with Crippen molar-refractivity contribution < 1.29 is 35.9 Å². The van der Waals surface area contributed by atoms with Gasteiger partial charge in [0.15, 0.2) is 5.69 Å². The number of carbonyl (C=O) groups is 2. The number of rotatable bonds is 5. The zero-order valence-corrected chi connectivity index (χ0v) is 19.1. The first kappa shape index (κ1) is 26.1. The van der Waals surface area contributed by atoms with Crippen LogP contribution in [0.3, 0.4) is 0 Å². The third-order valence-electron chi connectivity index (χ3n) is 5.74. The second-order valence-corrected chi connectivity index (χ2v) is 8.07. The number of carbonyl (C=O) groups excluding carboxylic acids is 2. The Balaban J connectivity index is 2.11. The van der Waals surface area contributed by atoms with Crippen LogP contribution in [-0.2, 0) is 12.7 Å². The largest absolute Gasteiger partial charge is 0.435 e. The minimum Gasteiger partial charge on any atom is -0.366 e. The SMILES string of the molecule is Cc1c(-c2c(C(N)=O)nc3cccc(F)c3c2C(N)=O)c(C(F)(F)F)nn1Cc1c(F)cc(C#N)cc1F. The third-order valence-corrected chi connectivity index (χ3v) is 5.74. The normalized spacial score (nSPS) is 11.5. The van der Waals surface area contributed by atoms with Crippen molar-refractivity contribution in [2.75, 3.05) is 0 Å². The lowest BCUT2D eigenvalue weighted by Crippen LogP contribution is -2.22. The number of hydrogen-bond donors (Lipinski definition) is 2. The number of nitrogens with zero attached hydrogens (tertiary/aromatic N) is 4. The summed E-state index contributed by atoms with van der Waals surface area (Å²) in [5.74, 6) is -6.28. The summed E-state index contributed by atoms with van der Waals surface area (Å²) in [6.07, 6.45) is -5.23. The van der Waals surface area contributed by atoms with Crippen molar-refractivity contribution in [3.63, 3.8) is 0 Å². The molecule has 0 aliphatic carbocycles. The van der Waals surface area contributed by atoms with Crippen LogP contribution in [0.25, 0.3) is 22.0 Å². The molecule has 0 saturated carbocycles. The Morgan fingerprint density at radius 3 is 2.18 bits per heavy atom. The van der Waals surface area contributed by atoms with Crippen molar-refractivity contribution in [2.24, 2.45) is 11.5 Å². The molecule has 4 aromatic rings. The predicted molar refractivity (Wildman–Crippen MR) is 120 cm³/mol. The molecule has 8 nitrogen and oxygen atoms in total. The lowest BCUT2D eigenvalue weighted by Gasteiger charge is -2.16. The van der Waals surface area contributed by atoms with E-state index in [4.69, 9.17) is 16.7 Å². The summed E-state index contributed by atoms with van der Waals surface area (Å²) in [7, 11) is 0. The van der Waals surface area contributed by atoms with E-state index >= 15 is 0 Å². The number of benzene rings is 2. The standard InChI is InChI=1S/C24H14F6N6O2/c1-9-16(18-19(22(32)37)17-12(25)3-2-4-15(17)34-20(18)23(33)38)21(24(28,29)30)35-36(9)8-11-13(26)5-10(7-31)6-14(11)27/h2-6H,8H2,1H3,(H2,32,37)(H2,33,38). The molecule has 2 amide bonds. The summed E-state index contributed by atoms with van der Waals surface area (Å²) in [5, 5.41) is 11.8. The van der Waals surface area contributed by atoms with Gasteiger partial charge in [0.25, 0.3) is 5.91 Å². The maximum absolute atomic E-state index is 14.8. The van der Waals surface area contributed by atoms with Crippen molar-refractivity contribution in [3.8, 4) is 17.2 Å². The van der Waals surface area contributed by atoms with E-state index in [1.807, 2.05) is 0 Å². The van der Waals surface area contributed by atoms with E-state index in [-0.39, 0.29) is 11.1 Å². The molecule has 14 heteroatoms. The molecule has 0 radical (unpaired) electrons. The van der Waals surface area contributed by atoms with E-state index in [1.165, 1.54) is 12.1 Å². The predicted octanol–water partition coefficient (Wildman–Crippen LogP) is 3.96. The highest BCUT2D eigenvalue weighted by Crippen LogP contribution is 2.42. The monoisotopic (exact) mass is 532 g/mol. The molecular weight excluding hydrogens is 518 g/mol. The van der Waals surface area contributed by atoms with Crippen molar-refractivity contribution in [1.82, 2.24) is 14.8 Å². The highest BCUT2D eigenvalue weighted by molar-refractivity contribution is 6.15. The molecule has 2 aromatic carbocycles. The molecule has 0 saturated heterocycles. The minimum atomic E-state index is -5.23. The van der Waals surface area contributed by atoms with Crippen LogP contribution in [-0.4, -0.2) is 26.6 Å². The Kier molecular flexibility index (Phi) is 6.32. The van der Waals surface area contributed by atoms with Crippen LogP contribution in [0.2, 0.25) is 0 Å². The Morgan fingerprint density at radius 1 is 1.03 bits per heavy atom.